The summed E-state index contributed by atoms with van der Waals surface area (Å²) >= 11 is 1.53. The van der Waals surface area contributed by atoms with Crippen molar-refractivity contribution >= 4 is 23.2 Å². The predicted octanol–water partition coefficient (Wildman–Crippen LogP) is 2.87. The van der Waals surface area contributed by atoms with Crippen molar-refractivity contribution in [1.82, 2.24) is 15.3 Å². The molecule has 0 aliphatic rings. The molecule has 19 heavy (non-hydrogen) atoms. The predicted molar refractivity (Wildman–Crippen MR) is 71.6 cm³/mol. The van der Waals surface area contributed by atoms with Crippen molar-refractivity contribution in [2.24, 2.45) is 0 Å². The fourth-order valence-corrected chi connectivity index (χ4v) is 2.21. The Morgan fingerprint density at radius 1 is 1.37 bits per heavy atom. The molecule has 0 fully saturated rings. The average molecular weight is 280 g/mol. The van der Waals surface area contributed by atoms with E-state index in [0.717, 1.165) is 16.1 Å². The maximum absolute atomic E-state index is 12.7. The first-order valence-corrected chi connectivity index (χ1v) is 6.47. The van der Waals surface area contributed by atoms with Crippen LogP contribution in [0.5, 0.6) is 0 Å². The second-order valence-corrected chi connectivity index (χ2v) is 5.26. The SMILES string of the molecule is Cc1cnc([C@H](C)NC(=O)Nc2ccc(F)cn2)s1. The fourth-order valence-electron chi connectivity index (χ4n) is 1.43. The molecule has 0 radical (unpaired) electrons. The second-order valence-electron chi connectivity index (χ2n) is 3.99. The van der Waals surface area contributed by atoms with E-state index < -0.39 is 11.8 Å². The van der Waals surface area contributed by atoms with Crippen LogP contribution in [0.4, 0.5) is 15.0 Å². The van der Waals surface area contributed by atoms with Gasteiger partial charge in [-0.1, -0.05) is 0 Å². The number of nitrogens with one attached hydrogen (secondary N) is 2. The summed E-state index contributed by atoms with van der Waals surface area (Å²) in [5.41, 5.74) is 0. The first-order chi connectivity index (χ1) is 9.04. The lowest BCUT2D eigenvalue weighted by atomic mass is 10.3. The minimum atomic E-state index is -0.447. The van der Waals surface area contributed by atoms with Gasteiger partial charge in [0.05, 0.1) is 12.2 Å². The number of amides is 2. The number of halogens is 1. The van der Waals surface area contributed by atoms with E-state index in [1.54, 1.807) is 6.20 Å². The van der Waals surface area contributed by atoms with Crippen molar-refractivity contribution in [1.29, 1.82) is 0 Å². The molecule has 0 aliphatic carbocycles. The number of rotatable bonds is 3. The number of nitrogens with zero attached hydrogens (tertiary/aromatic N) is 2. The molecule has 0 bridgehead atoms. The standard InChI is InChI=1S/C12H13FN4OS/c1-7-5-15-11(19-7)8(2)16-12(18)17-10-4-3-9(13)6-14-10/h3-6,8H,1-2H3,(H2,14,16,17,18)/t8-/m0/s1. The average Bonchev–Trinajstić information content (AvgIpc) is 2.79. The molecule has 100 valence electrons. The summed E-state index contributed by atoms with van der Waals surface area (Å²) in [5, 5.41) is 6.10. The lowest BCUT2D eigenvalue weighted by Crippen LogP contribution is -2.31. The molecular formula is C12H13FN4OS. The van der Waals surface area contributed by atoms with E-state index >= 15 is 0 Å². The van der Waals surface area contributed by atoms with Crippen molar-refractivity contribution in [2.75, 3.05) is 5.32 Å². The maximum Gasteiger partial charge on any atom is 0.320 e. The van der Waals surface area contributed by atoms with Crippen LogP contribution in [0.2, 0.25) is 0 Å². The number of pyridine rings is 1. The van der Waals surface area contributed by atoms with E-state index in [1.807, 2.05) is 13.8 Å². The van der Waals surface area contributed by atoms with Gasteiger partial charge in [0.15, 0.2) is 0 Å². The Morgan fingerprint density at radius 2 is 2.16 bits per heavy atom. The number of thiazole rings is 1. The van der Waals surface area contributed by atoms with E-state index in [-0.39, 0.29) is 6.04 Å². The van der Waals surface area contributed by atoms with Gasteiger partial charge in [-0.15, -0.1) is 11.3 Å². The molecule has 0 spiro atoms. The van der Waals surface area contributed by atoms with Gasteiger partial charge in [-0.25, -0.2) is 19.2 Å². The third kappa shape index (κ3) is 3.72. The second kappa shape index (κ2) is 5.75. The summed E-state index contributed by atoms with van der Waals surface area (Å²) < 4.78 is 12.7. The first-order valence-electron chi connectivity index (χ1n) is 5.66. The normalized spacial score (nSPS) is 11.9. The minimum Gasteiger partial charge on any atom is -0.329 e. The Morgan fingerprint density at radius 3 is 2.74 bits per heavy atom. The van der Waals surface area contributed by atoms with Crippen molar-refractivity contribution in [3.05, 3.63) is 40.2 Å². The number of carbonyl (C=O) groups excluding carboxylic acids is 1. The molecule has 5 nitrogen and oxygen atoms in total. The number of hydrogen-bond acceptors (Lipinski definition) is 4. The van der Waals surface area contributed by atoms with Crippen molar-refractivity contribution in [3.63, 3.8) is 0 Å². The van der Waals surface area contributed by atoms with Gasteiger partial charge in [0.1, 0.15) is 16.6 Å². The zero-order chi connectivity index (χ0) is 13.8. The minimum absolute atomic E-state index is 0.195. The highest BCUT2D eigenvalue weighted by atomic mass is 32.1. The molecule has 2 amide bonds. The molecule has 0 aliphatic heterocycles. The van der Waals surface area contributed by atoms with Gasteiger partial charge >= 0.3 is 6.03 Å². The summed E-state index contributed by atoms with van der Waals surface area (Å²) in [4.78, 5) is 20.7. The van der Waals surface area contributed by atoms with Crippen molar-refractivity contribution < 1.29 is 9.18 Å². The molecule has 2 heterocycles. The monoisotopic (exact) mass is 280 g/mol. The molecule has 1 atom stereocenters. The highest BCUT2D eigenvalue weighted by Crippen LogP contribution is 2.18. The topological polar surface area (TPSA) is 66.9 Å². The molecule has 0 saturated carbocycles. The highest BCUT2D eigenvalue weighted by molar-refractivity contribution is 7.11. The van der Waals surface area contributed by atoms with Crippen LogP contribution < -0.4 is 10.6 Å². The maximum atomic E-state index is 12.7. The van der Waals surface area contributed by atoms with E-state index in [0.29, 0.717) is 5.82 Å². The Labute approximate surface area is 113 Å². The van der Waals surface area contributed by atoms with Crippen LogP contribution in [-0.4, -0.2) is 16.0 Å². The Balaban J connectivity index is 1.92. The van der Waals surface area contributed by atoms with E-state index in [9.17, 15) is 9.18 Å². The molecule has 2 aromatic rings. The van der Waals surface area contributed by atoms with Crippen molar-refractivity contribution in [2.45, 2.75) is 19.9 Å². The summed E-state index contributed by atoms with van der Waals surface area (Å²) in [7, 11) is 0. The number of aryl methyl sites for hydroxylation is 1. The fraction of sp³-hybridized carbons (Fsp3) is 0.250. The smallest absolute Gasteiger partial charge is 0.320 e. The van der Waals surface area contributed by atoms with Crippen LogP contribution in [0.25, 0.3) is 0 Å². The van der Waals surface area contributed by atoms with Gasteiger partial charge in [-0.3, -0.25) is 5.32 Å². The Bertz CT molecular complexity index is 569. The van der Waals surface area contributed by atoms with Gasteiger partial charge in [0.25, 0.3) is 0 Å². The third-order valence-electron chi connectivity index (χ3n) is 2.33. The van der Waals surface area contributed by atoms with E-state index in [2.05, 4.69) is 20.6 Å². The van der Waals surface area contributed by atoms with Gasteiger partial charge in [0, 0.05) is 11.1 Å². The Hall–Kier alpha value is -2.02. The van der Waals surface area contributed by atoms with Gasteiger partial charge in [-0.2, -0.15) is 0 Å². The Kier molecular flexibility index (Phi) is 4.06. The summed E-state index contributed by atoms with van der Waals surface area (Å²) in [6, 6.07) is 2.03. The van der Waals surface area contributed by atoms with Crippen LogP contribution in [0, 0.1) is 12.7 Å². The van der Waals surface area contributed by atoms with E-state index in [1.165, 1.54) is 23.5 Å². The molecule has 7 heteroatoms. The summed E-state index contributed by atoms with van der Waals surface area (Å²) in [5.74, 6) is -0.154. The van der Waals surface area contributed by atoms with E-state index in [4.69, 9.17) is 0 Å². The number of anilines is 1. The number of urea groups is 1. The van der Waals surface area contributed by atoms with Gasteiger partial charge in [-0.05, 0) is 26.0 Å². The quantitative estimate of drug-likeness (QED) is 0.908. The zero-order valence-corrected chi connectivity index (χ0v) is 11.3. The van der Waals surface area contributed by atoms with Crippen LogP contribution in [-0.2, 0) is 0 Å². The summed E-state index contributed by atoms with van der Waals surface area (Å²) in [6.45, 7) is 3.80. The lowest BCUT2D eigenvalue weighted by molar-refractivity contribution is 0.249. The summed E-state index contributed by atoms with van der Waals surface area (Å²) in [6.07, 6.45) is 2.81. The van der Waals surface area contributed by atoms with Crippen molar-refractivity contribution in [3.8, 4) is 0 Å². The van der Waals surface area contributed by atoms with Crippen LogP contribution in [0.15, 0.2) is 24.5 Å². The zero-order valence-electron chi connectivity index (χ0n) is 10.5. The molecule has 0 saturated heterocycles. The third-order valence-corrected chi connectivity index (χ3v) is 3.42. The molecule has 2 rings (SSSR count). The molecule has 0 aromatic carbocycles. The van der Waals surface area contributed by atoms with Gasteiger partial charge < -0.3 is 5.32 Å². The van der Waals surface area contributed by atoms with Crippen LogP contribution in [0.3, 0.4) is 0 Å². The number of carbonyl (C=O) groups is 1. The number of hydrogen-bond donors (Lipinski definition) is 2. The van der Waals surface area contributed by atoms with Crippen LogP contribution in [0.1, 0.15) is 22.9 Å². The molecular weight excluding hydrogens is 267 g/mol. The highest BCUT2D eigenvalue weighted by Gasteiger charge is 2.12. The molecule has 2 aromatic heterocycles. The van der Waals surface area contributed by atoms with Crippen LogP contribution >= 0.6 is 11.3 Å². The molecule has 0 unspecified atom stereocenters. The molecule has 2 N–H and O–H groups in total. The lowest BCUT2D eigenvalue weighted by Gasteiger charge is -2.11. The first kappa shape index (κ1) is 13.4. The number of aromatic nitrogens is 2. The van der Waals surface area contributed by atoms with Gasteiger partial charge in [0.2, 0.25) is 0 Å². The largest absolute Gasteiger partial charge is 0.329 e.